The molecule has 0 amide bonds. The number of halogens is 2. The lowest BCUT2D eigenvalue weighted by Crippen LogP contribution is -2.16. The Morgan fingerprint density at radius 1 is 1.14 bits per heavy atom. The van der Waals surface area contributed by atoms with Crippen molar-refractivity contribution in [1.29, 1.82) is 0 Å². The second-order valence-electron chi connectivity index (χ2n) is 4.72. The Hall–Kier alpha value is -1.43. The summed E-state index contributed by atoms with van der Waals surface area (Å²) in [5.74, 6) is -1.27. The predicted molar refractivity (Wildman–Crippen MR) is 80.3 cm³/mol. The van der Waals surface area contributed by atoms with E-state index in [2.05, 4.69) is 0 Å². The highest BCUT2D eigenvalue weighted by atomic mass is 35.5. The van der Waals surface area contributed by atoms with Crippen LogP contribution in [0, 0.1) is 5.82 Å². The first-order valence-corrected chi connectivity index (χ1v) is 8.45. The van der Waals surface area contributed by atoms with Crippen LogP contribution < -0.4 is 0 Å². The van der Waals surface area contributed by atoms with E-state index >= 15 is 0 Å². The minimum Gasteiger partial charge on any atom is -0.387 e. The minimum absolute atomic E-state index is 0.0628. The highest BCUT2D eigenvalue weighted by Gasteiger charge is 2.20. The monoisotopic (exact) mass is 328 g/mol. The van der Waals surface area contributed by atoms with Crippen LogP contribution in [0.3, 0.4) is 0 Å². The Bertz CT molecular complexity index is 717. The van der Waals surface area contributed by atoms with Crippen molar-refractivity contribution < 1.29 is 17.9 Å². The van der Waals surface area contributed by atoms with Gasteiger partial charge in [-0.05, 0) is 23.3 Å². The molecule has 1 N–H and O–H groups in total. The second-order valence-corrected chi connectivity index (χ2v) is 7.23. The summed E-state index contributed by atoms with van der Waals surface area (Å²) >= 11 is 5.82. The quantitative estimate of drug-likeness (QED) is 0.917. The van der Waals surface area contributed by atoms with Gasteiger partial charge in [0.05, 0.1) is 17.6 Å². The molecule has 2 aromatic rings. The summed E-state index contributed by atoms with van der Waals surface area (Å²) in [4.78, 5) is 0. The molecule has 21 heavy (non-hydrogen) atoms. The fraction of sp³-hybridized carbons (Fsp3) is 0.200. The summed E-state index contributed by atoms with van der Waals surface area (Å²) in [6.07, 6.45) is -1.10. The standard InChI is InChI=1S/C15H14ClFO3S/c16-14-8-13(17)7-6-12(14)9-21(19,20)10-15(18)11-4-2-1-3-5-11/h1-8,15,18H,9-10H2. The molecule has 3 nitrogen and oxygen atoms in total. The first-order valence-electron chi connectivity index (χ1n) is 6.25. The lowest BCUT2D eigenvalue weighted by molar-refractivity contribution is 0.201. The van der Waals surface area contributed by atoms with Gasteiger partial charge in [-0.2, -0.15) is 0 Å². The van der Waals surface area contributed by atoms with Crippen molar-refractivity contribution in [3.05, 3.63) is 70.5 Å². The van der Waals surface area contributed by atoms with Crippen LogP contribution in [0.15, 0.2) is 48.5 Å². The molecular formula is C15H14ClFO3S. The van der Waals surface area contributed by atoms with Gasteiger partial charge in [0.1, 0.15) is 5.82 Å². The summed E-state index contributed by atoms with van der Waals surface area (Å²) in [6, 6.07) is 12.1. The number of rotatable bonds is 5. The summed E-state index contributed by atoms with van der Waals surface area (Å²) in [6.45, 7) is 0. The smallest absolute Gasteiger partial charge is 0.157 e. The van der Waals surface area contributed by atoms with Crippen LogP contribution in [0.4, 0.5) is 4.39 Å². The molecule has 0 fully saturated rings. The summed E-state index contributed by atoms with van der Waals surface area (Å²) in [5.41, 5.74) is 0.851. The Morgan fingerprint density at radius 3 is 2.43 bits per heavy atom. The van der Waals surface area contributed by atoms with Crippen LogP contribution in [0.1, 0.15) is 17.2 Å². The van der Waals surface area contributed by atoms with Crippen LogP contribution in [0.5, 0.6) is 0 Å². The van der Waals surface area contributed by atoms with Crippen LogP contribution in [0.25, 0.3) is 0 Å². The largest absolute Gasteiger partial charge is 0.387 e. The molecule has 0 aromatic heterocycles. The number of hydrogen-bond acceptors (Lipinski definition) is 3. The third-order valence-electron chi connectivity index (χ3n) is 2.99. The van der Waals surface area contributed by atoms with Crippen LogP contribution >= 0.6 is 11.6 Å². The van der Waals surface area contributed by atoms with E-state index in [1.807, 2.05) is 0 Å². The van der Waals surface area contributed by atoms with E-state index in [0.29, 0.717) is 11.1 Å². The van der Waals surface area contributed by atoms with E-state index < -0.39 is 27.5 Å². The predicted octanol–water partition coefficient (Wildman–Crippen LogP) is 3.13. The molecule has 2 aromatic carbocycles. The number of sulfone groups is 1. The zero-order valence-electron chi connectivity index (χ0n) is 11.0. The van der Waals surface area contributed by atoms with Gasteiger partial charge in [-0.15, -0.1) is 0 Å². The molecule has 1 atom stereocenters. The van der Waals surface area contributed by atoms with Gasteiger partial charge in [-0.3, -0.25) is 0 Å². The minimum atomic E-state index is -3.57. The van der Waals surface area contributed by atoms with Crippen LogP contribution in [0.2, 0.25) is 5.02 Å². The number of aliphatic hydroxyl groups is 1. The maximum Gasteiger partial charge on any atom is 0.157 e. The zero-order chi connectivity index (χ0) is 15.5. The van der Waals surface area contributed by atoms with Gasteiger partial charge in [-0.25, -0.2) is 12.8 Å². The summed E-state index contributed by atoms with van der Waals surface area (Å²) in [5, 5.41) is 10.0. The van der Waals surface area contributed by atoms with Crippen molar-refractivity contribution in [2.24, 2.45) is 0 Å². The molecule has 0 aliphatic heterocycles. The molecule has 112 valence electrons. The summed E-state index contributed by atoms with van der Waals surface area (Å²) < 4.78 is 37.2. The molecule has 0 aliphatic carbocycles. The molecule has 0 aliphatic rings. The topological polar surface area (TPSA) is 54.4 Å². The maximum atomic E-state index is 12.9. The first-order chi connectivity index (χ1) is 9.87. The van der Waals surface area contributed by atoms with E-state index in [4.69, 9.17) is 11.6 Å². The highest BCUT2D eigenvalue weighted by molar-refractivity contribution is 7.90. The summed E-state index contributed by atoms with van der Waals surface area (Å²) in [7, 11) is -3.57. The lowest BCUT2D eigenvalue weighted by Gasteiger charge is -2.12. The number of aliphatic hydroxyl groups excluding tert-OH is 1. The van der Waals surface area contributed by atoms with Crippen molar-refractivity contribution in [1.82, 2.24) is 0 Å². The Kier molecular flexibility index (Phi) is 4.98. The Labute approximate surface area is 127 Å². The molecule has 0 saturated heterocycles. The Balaban J connectivity index is 2.12. The second kappa shape index (κ2) is 6.56. The van der Waals surface area contributed by atoms with Gasteiger partial charge >= 0.3 is 0 Å². The third-order valence-corrected chi connectivity index (χ3v) is 4.91. The van der Waals surface area contributed by atoms with Gasteiger partial charge in [0.25, 0.3) is 0 Å². The van der Waals surface area contributed by atoms with E-state index in [-0.39, 0.29) is 10.8 Å². The fourth-order valence-electron chi connectivity index (χ4n) is 1.95. The van der Waals surface area contributed by atoms with Crippen LogP contribution in [-0.2, 0) is 15.6 Å². The van der Waals surface area contributed by atoms with Crippen molar-refractivity contribution in [2.75, 3.05) is 5.75 Å². The molecule has 2 rings (SSSR count). The zero-order valence-corrected chi connectivity index (χ0v) is 12.6. The van der Waals surface area contributed by atoms with E-state index in [9.17, 15) is 17.9 Å². The third kappa shape index (κ3) is 4.52. The van der Waals surface area contributed by atoms with Gasteiger partial charge < -0.3 is 5.11 Å². The van der Waals surface area contributed by atoms with Crippen molar-refractivity contribution in [3.63, 3.8) is 0 Å². The molecule has 0 saturated carbocycles. The van der Waals surface area contributed by atoms with E-state index in [1.165, 1.54) is 6.07 Å². The normalized spacial score (nSPS) is 13.1. The molecule has 0 heterocycles. The van der Waals surface area contributed by atoms with Gasteiger partial charge in [0, 0.05) is 5.02 Å². The average Bonchev–Trinajstić information content (AvgIpc) is 2.42. The first kappa shape index (κ1) is 15.9. The van der Waals surface area contributed by atoms with Gasteiger partial charge in [-0.1, -0.05) is 48.0 Å². The van der Waals surface area contributed by atoms with Crippen molar-refractivity contribution in [2.45, 2.75) is 11.9 Å². The molecule has 6 heteroatoms. The maximum absolute atomic E-state index is 12.9. The fourth-order valence-corrected chi connectivity index (χ4v) is 3.78. The lowest BCUT2D eigenvalue weighted by atomic mass is 10.1. The molecule has 0 spiro atoms. The molecule has 0 bridgehead atoms. The van der Waals surface area contributed by atoms with Crippen LogP contribution in [-0.4, -0.2) is 19.3 Å². The average molecular weight is 329 g/mol. The molecule has 1 unspecified atom stereocenters. The number of hydrogen-bond donors (Lipinski definition) is 1. The molecule has 0 radical (unpaired) electrons. The van der Waals surface area contributed by atoms with Crippen molar-refractivity contribution >= 4 is 21.4 Å². The van der Waals surface area contributed by atoms with Gasteiger partial charge in [0.2, 0.25) is 0 Å². The SMILES string of the molecule is O=S(=O)(Cc1ccc(F)cc1Cl)CC(O)c1ccccc1. The van der Waals surface area contributed by atoms with E-state index in [1.54, 1.807) is 30.3 Å². The van der Waals surface area contributed by atoms with E-state index in [0.717, 1.165) is 12.1 Å². The van der Waals surface area contributed by atoms with Crippen molar-refractivity contribution in [3.8, 4) is 0 Å². The van der Waals surface area contributed by atoms with Gasteiger partial charge in [0.15, 0.2) is 9.84 Å². The highest BCUT2D eigenvalue weighted by Crippen LogP contribution is 2.22. The Morgan fingerprint density at radius 2 is 1.81 bits per heavy atom. The number of benzene rings is 2. The molecular weight excluding hydrogens is 315 g/mol.